The van der Waals surface area contributed by atoms with Crippen molar-refractivity contribution in [1.29, 1.82) is 0 Å². The van der Waals surface area contributed by atoms with E-state index in [0.717, 1.165) is 0 Å². The number of carbonyl (C=O) groups is 2. The number of hydrogen-bond acceptors (Lipinski definition) is 4. The molecule has 0 spiro atoms. The standard InChI is InChI=1S/C11H20N2O4/c1-8(11(15)16)9-6-13(7-9)10(14)5-12-3-4-17-2/h8-9,12H,3-7H2,1-2H3,(H,15,16). The van der Waals surface area contributed by atoms with E-state index in [4.69, 9.17) is 9.84 Å². The predicted octanol–water partition coefficient (Wildman–Crippen LogP) is -0.598. The smallest absolute Gasteiger partial charge is 0.306 e. The van der Waals surface area contributed by atoms with E-state index in [1.807, 2.05) is 0 Å². The lowest BCUT2D eigenvalue weighted by molar-refractivity contribution is -0.150. The number of carboxylic acids is 1. The molecule has 0 aromatic heterocycles. The first kappa shape index (κ1) is 13.9. The van der Waals surface area contributed by atoms with Crippen LogP contribution in [0.3, 0.4) is 0 Å². The molecule has 0 aliphatic carbocycles. The maximum absolute atomic E-state index is 11.6. The molecule has 98 valence electrons. The molecule has 1 atom stereocenters. The van der Waals surface area contributed by atoms with Crippen molar-refractivity contribution < 1.29 is 19.4 Å². The number of carbonyl (C=O) groups excluding carboxylic acids is 1. The molecule has 0 saturated carbocycles. The fourth-order valence-corrected chi connectivity index (χ4v) is 1.72. The van der Waals surface area contributed by atoms with Crippen LogP contribution in [0.25, 0.3) is 0 Å². The summed E-state index contributed by atoms with van der Waals surface area (Å²) in [6.45, 7) is 4.30. The normalized spacial score (nSPS) is 17.6. The summed E-state index contributed by atoms with van der Waals surface area (Å²) in [5, 5.41) is 11.8. The molecule has 0 aromatic rings. The Bertz CT molecular complexity index is 277. The molecule has 0 bridgehead atoms. The van der Waals surface area contributed by atoms with Crippen LogP contribution in [0.15, 0.2) is 0 Å². The van der Waals surface area contributed by atoms with Gasteiger partial charge in [-0.05, 0) is 0 Å². The van der Waals surface area contributed by atoms with Crippen molar-refractivity contribution in [1.82, 2.24) is 10.2 Å². The van der Waals surface area contributed by atoms with Crippen molar-refractivity contribution in [3.63, 3.8) is 0 Å². The van der Waals surface area contributed by atoms with Gasteiger partial charge in [0.05, 0.1) is 19.1 Å². The fourth-order valence-electron chi connectivity index (χ4n) is 1.72. The van der Waals surface area contributed by atoms with Gasteiger partial charge in [-0.15, -0.1) is 0 Å². The molecule has 1 heterocycles. The lowest BCUT2D eigenvalue weighted by Gasteiger charge is -2.41. The van der Waals surface area contributed by atoms with E-state index in [-0.39, 0.29) is 24.3 Å². The van der Waals surface area contributed by atoms with Gasteiger partial charge in [-0.2, -0.15) is 0 Å². The third kappa shape index (κ3) is 3.98. The van der Waals surface area contributed by atoms with Crippen LogP contribution >= 0.6 is 0 Å². The SMILES string of the molecule is COCCNCC(=O)N1CC(C(C)C(=O)O)C1. The van der Waals surface area contributed by atoms with Gasteiger partial charge in [0, 0.05) is 32.7 Å². The zero-order valence-corrected chi connectivity index (χ0v) is 10.3. The van der Waals surface area contributed by atoms with E-state index in [1.165, 1.54) is 0 Å². The zero-order chi connectivity index (χ0) is 12.8. The molecular formula is C11H20N2O4. The van der Waals surface area contributed by atoms with Gasteiger partial charge < -0.3 is 20.1 Å². The molecule has 0 radical (unpaired) electrons. The minimum atomic E-state index is -0.791. The summed E-state index contributed by atoms with van der Waals surface area (Å²) >= 11 is 0. The van der Waals surface area contributed by atoms with Gasteiger partial charge in [0.1, 0.15) is 0 Å². The van der Waals surface area contributed by atoms with Crippen LogP contribution in [0.2, 0.25) is 0 Å². The maximum Gasteiger partial charge on any atom is 0.306 e. The van der Waals surface area contributed by atoms with E-state index < -0.39 is 5.97 Å². The summed E-state index contributed by atoms with van der Waals surface area (Å²) < 4.78 is 4.85. The molecule has 1 aliphatic heterocycles. The van der Waals surface area contributed by atoms with Crippen LogP contribution in [0, 0.1) is 11.8 Å². The van der Waals surface area contributed by atoms with Crippen molar-refractivity contribution in [3.05, 3.63) is 0 Å². The van der Waals surface area contributed by atoms with Gasteiger partial charge in [0.25, 0.3) is 0 Å². The largest absolute Gasteiger partial charge is 0.481 e. The highest BCUT2D eigenvalue weighted by atomic mass is 16.5. The van der Waals surface area contributed by atoms with Crippen molar-refractivity contribution in [3.8, 4) is 0 Å². The highest BCUT2D eigenvalue weighted by Gasteiger charge is 2.36. The van der Waals surface area contributed by atoms with Gasteiger partial charge in [-0.3, -0.25) is 9.59 Å². The molecule has 0 aromatic carbocycles. The summed E-state index contributed by atoms with van der Waals surface area (Å²) in [4.78, 5) is 24.0. The van der Waals surface area contributed by atoms with Gasteiger partial charge in [0.2, 0.25) is 5.91 Å². The Morgan fingerprint density at radius 1 is 1.53 bits per heavy atom. The summed E-state index contributed by atoms with van der Waals surface area (Å²) in [6.07, 6.45) is 0. The first-order valence-corrected chi connectivity index (χ1v) is 5.76. The highest BCUT2D eigenvalue weighted by molar-refractivity contribution is 5.79. The third-order valence-electron chi connectivity index (χ3n) is 3.12. The van der Waals surface area contributed by atoms with Crippen LogP contribution in [0.4, 0.5) is 0 Å². The average Bonchev–Trinajstić information content (AvgIpc) is 2.22. The molecule has 17 heavy (non-hydrogen) atoms. The number of nitrogens with zero attached hydrogens (tertiary/aromatic N) is 1. The number of rotatable bonds is 7. The van der Waals surface area contributed by atoms with Gasteiger partial charge in [-0.1, -0.05) is 6.92 Å². The van der Waals surface area contributed by atoms with E-state index in [1.54, 1.807) is 18.9 Å². The number of ether oxygens (including phenoxy) is 1. The Morgan fingerprint density at radius 3 is 2.71 bits per heavy atom. The van der Waals surface area contributed by atoms with Crippen LogP contribution in [0.1, 0.15) is 6.92 Å². The molecule has 1 unspecified atom stereocenters. The second-order valence-electron chi connectivity index (χ2n) is 4.36. The molecule has 2 N–H and O–H groups in total. The number of likely N-dealkylation sites (tertiary alicyclic amines) is 1. The summed E-state index contributed by atoms with van der Waals surface area (Å²) in [5.74, 6) is -1.05. The number of methoxy groups -OCH3 is 1. The Kier molecular flexibility index (Phi) is 5.37. The molecular weight excluding hydrogens is 224 g/mol. The average molecular weight is 244 g/mol. The van der Waals surface area contributed by atoms with Crippen LogP contribution in [-0.4, -0.2) is 61.8 Å². The van der Waals surface area contributed by atoms with Crippen molar-refractivity contribution >= 4 is 11.9 Å². The molecule has 1 amide bonds. The van der Waals surface area contributed by atoms with E-state index in [0.29, 0.717) is 26.2 Å². The topological polar surface area (TPSA) is 78.9 Å². The van der Waals surface area contributed by atoms with Gasteiger partial charge in [0.15, 0.2) is 0 Å². The quantitative estimate of drug-likeness (QED) is 0.585. The maximum atomic E-state index is 11.6. The van der Waals surface area contributed by atoms with Gasteiger partial charge >= 0.3 is 5.97 Å². The Balaban J connectivity index is 2.14. The van der Waals surface area contributed by atoms with E-state index >= 15 is 0 Å². The van der Waals surface area contributed by atoms with E-state index in [2.05, 4.69) is 5.32 Å². The summed E-state index contributed by atoms with van der Waals surface area (Å²) in [5.41, 5.74) is 0. The number of nitrogens with one attached hydrogen (secondary N) is 1. The summed E-state index contributed by atoms with van der Waals surface area (Å²) in [7, 11) is 1.61. The van der Waals surface area contributed by atoms with E-state index in [9.17, 15) is 9.59 Å². The number of carboxylic acid groups (broad SMARTS) is 1. The Labute approximate surface area is 101 Å². The molecule has 1 aliphatic rings. The van der Waals surface area contributed by atoms with Crippen molar-refractivity contribution in [2.45, 2.75) is 6.92 Å². The summed E-state index contributed by atoms with van der Waals surface area (Å²) in [6, 6.07) is 0. The van der Waals surface area contributed by atoms with Crippen LogP contribution in [-0.2, 0) is 14.3 Å². The second-order valence-corrected chi connectivity index (χ2v) is 4.36. The van der Waals surface area contributed by atoms with Crippen molar-refractivity contribution in [2.75, 3.05) is 39.9 Å². The van der Waals surface area contributed by atoms with Crippen LogP contribution in [0.5, 0.6) is 0 Å². The monoisotopic (exact) mass is 244 g/mol. The fraction of sp³-hybridized carbons (Fsp3) is 0.818. The number of hydrogen-bond donors (Lipinski definition) is 2. The molecule has 6 heteroatoms. The minimum absolute atomic E-state index is 0.0231. The predicted molar refractivity (Wildman–Crippen MR) is 61.6 cm³/mol. The van der Waals surface area contributed by atoms with Gasteiger partial charge in [-0.25, -0.2) is 0 Å². The number of amides is 1. The molecule has 1 fully saturated rings. The third-order valence-corrected chi connectivity index (χ3v) is 3.12. The Morgan fingerprint density at radius 2 is 2.18 bits per heavy atom. The highest BCUT2D eigenvalue weighted by Crippen LogP contribution is 2.23. The molecule has 1 saturated heterocycles. The lowest BCUT2D eigenvalue weighted by atomic mass is 9.87. The minimum Gasteiger partial charge on any atom is -0.481 e. The number of aliphatic carboxylic acids is 1. The van der Waals surface area contributed by atoms with Crippen LogP contribution < -0.4 is 5.32 Å². The molecule has 6 nitrogen and oxygen atoms in total. The first-order chi connectivity index (χ1) is 8.06. The second kappa shape index (κ2) is 6.56. The first-order valence-electron chi connectivity index (χ1n) is 5.76. The Hall–Kier alpha value is -1.14. The molecule has 1 rings (SSSR count). The van der Waals surface area contributed by atoms with Crippen molar-refractivity contribution in [2.24, 2.45) is 11.8 Å². The zero-order valence-electron chi connectivity index (χ0n) is 10.3. The lowest BCUT2D eigenvalue weighted by Crippen LogP contribution is -2.55.